The summed E-state index contributed by atoms with van der Waals surface area (Å²) in [7, 11) is -2.56. The SMILES string of the molecule is C[Si](C)(c1cccc2c(N(c3cccc(-c4ccccc4)c3)c3ccc4c(c3)c3ccccc3n4-c3ccccc3)cccc12)c1cccc2c(N(c3cccc(-c4ccccc4)c3)c3ccc4c(c3)c3ccccc3n4-c3ccccc3)cccc12. The average molecular weight is 1130 g/mol. The zero-order valence-electron chi connectivity index (χ0n) is 48.5. The van der Waals surface area contributed by atoms with Crippen molar-refractivity contribution in [3.63, 3.8) is 0 Å². The average Bonchev–Trinajstić information content (AvgIpc) is 1.97. The Morgan fingerprint density at radius 1 is 0.230 bits per heavy atom. The zero-order chi connectivity index (χ0) is 58.0. The van der Waals surface area contributed by atoms with Gasteiger partial charge in [0, 0.05) is 66.4 Å². The molecule has 0 atom stereocenters. The molecule has 0 fully saturated rings. The highest BCUT2D eigenvalue weighted by molar-refractivity contribution is 7.03. The van der Waals surface area contributed by atoms with Gasteiger partial charge in [-0.3, -0.25) is 0 Å². The number of rotatable bonds is 12. The van der Waals surface area contributed by atoms with Crippen LogP contribution < -0.4 is 20.2 Å². The third kappa shape index (κ3) is 8.81. The van der Waals surface area contributed by atoms with E-state index < -0.39 is 8.07 Å². The van der Waals surface area contributed by atoms with E-state index in [2.05, 4.69) is 360 Å². The van der Waals surface area contributed by atoms with Gasteiger partial charge in [0.2, 0.25) is 0 Å². The molecule has 0 N–H and O–H groups in total. The molecule has 0 saturated heterocycles. The summed E-state index contributed by atoms with van der Waals surface area (Å²) in [5.74, 6) is 0. The van der Waals surface area contributed by atoms with E-state index in [1.165, 1.54) is 97.8 Å². The van der Waals surface area contributed by atoms with E-state index in [1.54, 1.807) is 0 Å². The second-order valence-corrected chi connectivity index (χ2v) is 27.6. The predicted molar refractivity (Wildman–Crippen MR) is 374 cm³/mol. The van der Waals surface area contributed by atoms with Crippen LogP contribution in [-0.4, -0.2) is 17.2 Å². The molecule has 412 valence electrons. The number of hydrogen-bond acceptors (Lipinski definition) is 2. The molecule has 14 aromatic carbocycles. The highest BCUT2D eigenvalue weighted by atomic mass is 28.3. The number of benzene rings is 14. The topological polar surface area (TPSA) is 16.3 Å². The maximum atomic E-state index is 2.55. The molecule has 16 rings (SSSR count). The van der Waals surface area contributed by atoms with Gasteiger partial charge < -0.3 is 18.9 Å². The molecule has 0 aliphatic heterocycles. The Balaban J connectivity index is 0.863. The van der Waals surface area contributed by atoms with E-state index >= 15 is 0 Å². The second-order valence-electron chi connectivity index (χ2n) is 23.3. The van der Waals surface area contributed by atoms with Crippen molar-refractivity contribution in [1.82, 2.24) is 9.13 Å². The summed E-state index contributed by atoms with van der Waals surface area (Å²) in [4.78, 5) is 4.98. The van der Waals surface area contributed by atoms with E-state index in [1.807, 2.05) is 0 Å². The van der Waals surface area contributed by atoms with Crippen LogP contribution >= 0.6 is 0 Å². The summed E-state index contributed by atoms with van der Waals surface area (Å²) in [5, 5.41) is 12.6. The number of hydrogen-bond donors (Lipinski definition) is 0. The maximum absolute atomic E-state index is 2.56. The summed E-state index contributed by atoms with van der Waals surface area (Å²) in [6.07, 6.45) is 0. The van der Waals surface area contributed by atoms with Crippen LogP contribution in [0.25, 0.3) is 98.8 Å². The Kier molecular flexibility index (Phi) is 12.6. The number of anilines is 6. The molecule has 87 heavy (non-hydrogen) atoms. The summed E-state index contributed by atoms with van der Waals surface area (Å²) in [6.45, 7) is 5.09. The minimum absolute atomic E-state index is 1.10. The molecular weight excluding hydrogens is 1070 g/mol. The zero-order valence-corrected chi connectivity index (χ0v) is 49.5. The molecule has 0 radical (unpaired) electrons. The van der Waals surface area contributed by atoms with Crippen molar-refractivity contribution in [2.75, 3.05) is 9.80 Å². The first-order valence-corrected chi connectivity index (χ1v) is 33.1. The van der Waals surface area contributed by atoms with E-state index in [9.17, 15) is 0 Å². The van der Waals surface area contributed by atoms with Gasteiger partial charge in [-0.25, -0.2) is 0 Å². The number of aromatic nitrogens is 2. The van der Waals surface area contributed by atoms with Crippen molar-refractivity contribution >= 4 is 118 Å². The minimum Gasteiger partial charge on any atom is -0.310 e. The summed E-state index contributed by atoms with van der Waals surface area (Å²) in [5.41, 5.74) is 18.4. The van der Waals surface area contributed by atoms with Gasteiger partial charge in [-0.05, 0) is 153 Å². The fraction of sp³-hybridized carbons (Fsp3) is 0.0244. The molecule has 0 saturated carbocycles. The maximum Gasteiger partial charge on any atom is 0.113 e. The first-order chi connectivity index (χ1) is 42.9. The summed E-state index contributed by atoms with van der Waals surface area (Å²) < 4.78 is 4.79. The van der Waals surface area contributed by atoms with Crippen LogP contribution in [0.4, 0.5) is 34.1 Å². The Labute approximate surface area is 508 Å². The van der Waals surface area contributed by atoms with Crippen molar-refractivity contribution in [1.29, 1.82) is 0 Å². The third-order valence-corrected chi connectivity index (χ3v) is 21.5. The molecule has 2 heterocycles. The summed E-state index contributed by atoms with van der Waals surface area (Å²) >= 11 is 0. The first-order valence-electron chi connectivity index (χ1n) is 30.1. The molecule has 0 unspecified atom stereocenters. The van der Waals surface area contributed by atoms with Crippen LogP contribution in [0.2, 0.25) is 13.1 Å². The lowest BCUT2D eigenvalue weighted by Gasteiger charge is -2.31. The van der Waals surface area contributed by atoms with Crippen molar-refractivity contribution < 1.29 is 0 Å². The summed E-state index contributed by atoms with van der Waals surface area (Å²) in [6, 6.07) is 121. The molecule has 0 aliphatic rings. The van der Waals surface area contributed by atoms with Gasteiger partial charge in [0.1, 0.15) is 8.07 Å². The van der Waals surface area contributed by atoms with Crippen LogP contribution in [0.15, 0.2) is 328 Å². The third-order valence-electron chi connectivity index (χ3n) is 17.9. The minimum atomic E-state index is -2.56. The molecule has 5 heteroatoms. The molecule has 0 spiro atoms. The quantitative estimate of drug-likeness (QED) is 0.113. The van der Waals surface area contributed by atoms with Gasteiger partial charge in [-0.15, -0.1) is 0 Å². The van der Waals surface area contributed by atoms with Crippen molar-refractivity contribution in [2.45, 2.75) is 13.1 Å². The molecule has 0 amide bonds. The van der Waals surface area contributed by atoms with Gasteiger partial charge in [0.25, 0.3) is 0 Å². The van der Waals surface area contributed by atoms with Crippen LogP contribution in [-0.2, 0) is 0 Å². The Bertz CT molecular complexity index is 4930. The predicted octanol–water partition coefficient (Wildman–Crippen LogP) is 21.3. The fourth-order valence-corrected chi connectivity index (χ4v) is 17.0. The van der Waals surface area contributed by atoms with Gasteiger partial charge >= 0.3 is 0 Å². The van der Waals surface area contributed by atoms with Crippen LogP contribution in [0, 0.1) is 0 Å². The smallest absolute Gasteiger partial charge is 0.113 e. The van der Waals surface area contributed by atoms with Crippen molar-refractivity contribution in [3.8, 4) is 33.6 Å². The Morgan fingerprint density at radius 3 is 0.989 bits per heavy atom. The van der Waals surface area contributed by atoms with Gasteiger partial charge in [0.15, 0.2) is 0 Å². The lowest BCUT2D eigenvalue weighted by Crippen LogP contribution is -2.53. The lowest BCUT2D eigenvalue weighted by atomic mass is 10.0. The molecule has 0 aliphatic carbocycles. The lowest BCUT2D eigenvalue weighted by molar-refractivity contribution is 1.18. The van der Waals surface area contributed by atoms with Crippen molar-refractivity contribution in [3.05, 3.63) is 328 Å². The van der Waals surface area contributed by atoms with Gasteiger partial charge in [-0.2, -0.15) is 0 Å². The van der Waals surface area contributed by atoms with E-state index in [0.717, 1.165) is 45.5 Å². The standard InChI is InChI=1S/C82H60N4Si/c1-87(2,81-47-23-39-67-71(81)41-21-45-75(67)83(63-35-19-29-59(53-63)57-25-7-3-8-26-57)65-49-51-79-73(55-65)69-37-15-17-43-77(69)85(79)61-31-11-5-12-32-61)82-48-24-40-68-72(82)42-22-46-76(68)84(64-36-20-30-60(54-64)58-27-9-4-10-28-58)66-50-52-80-74(56-66)70-38-16-18-44-78(70)86(80)62-33-13-6-14-34-62/h3-56H,1-2H3. The molecular formula is C82H60N4Si. The van der Waals surface area contributed by atoms with E-state index in [0.29, 0.717) is 0 Å². The molecule has 2 aromatic heterocycles. The van der Waals surface area contributed by atoms with E-state index in [4.69, 9.17) is 0 Å². The molecule has 4 nitrogen and oxygen atoms in total. The van der Waals surface area contributed by atoms with Crippen molar-refractivity contribution in [2.24, 2.45) is 0 Å². The fourth-order valence-electron chi connectivity index (χ4n) is 13.9. The monoisotopic (exact) mass is 1130 g/mol. The largest absolute Gasteiger partial charge is 0.310 e. The Morgan fingerprint density at radius 2 is 0.552 bits per heavy atom. The molecule has 0 bridgehead atoms. The van der Waals surface area contributed by atoms with Crippen LogP contribution in [0.1, 0.15) is 0 Å². The Hall–Kier alpha value is -11.0. The van der Waals surface area contributed by atoms with Gasteiger partial charge in [-0.1, -0.05) is 231 Å². The second kappa shape index (κ2) is 21.3. The number of nitrogens with zero attached hydrogens (tertiary/aromatic N) is 4. The van der Waals surface area contributed by atoms with Gasteiger partial charge in [0.05, 0.1) is 33.4 Å². The number of para-hydroxylation sites is 4. The highest BCUT2D eigenvalue weighted by Crippen LogP contribution is 2.46. The molecule has 16 aromatic rings. The normalized spacial score (nSPS) is 11.8. The highest BCUT2D eigenvalue weighted by Gasteiger charge is 2.32. The van der Waals surface area contributed by atoms with E-state index in [-0.39, 0.29) is 0 Å². The van der Waals surface area contributed by atoms with Crippen LogP contribution in [0.5, 0.6) is 0 Å². The van der Waals surface area contributed by atoms with Crippen LogP contribution in [0.3, 0.4) is 0 Å². The first kappa shape index (κ1) is 51.6. The number of fused-ring (bicyclic) bond motifs is 8.